The van der Waals surface area contributed by atoms with Crippen LogP contribution in [0.4, 0.5) is 0 Å². The molecular formula is C11H10O2. The topological polar surface area (TPSA) is 34.1 Å². The van der Waals surface area contributed by atoms with Crippen molar-refractivity contribution in [3.63, 3.8) is 0 Å². The van der Waals surface area contributed by atoms with E-state index in [1.54, 1.807) is 0 Å². The summed E-state index contributed by atoms with van der Waals surface area (Å²) in [5.74, 6) is 1.30. The molecule has 0 amide bonds. The van der Waals surface area contributed by atoms with E-state index >= 15 is 0 Å². The predicted octanol–water partition coefficient (Wildman–Crippen LogP) is 1.42. The van der Waals surface area contributed by atoms with Gasteiger partial charge in [-0.2, -0.15) is 0 Å². The van der Waals surface area contributed by atoms with Crippen LogP contribution in [0, 0.1) is 11.8 Å². The molecule has 0 aromatic carbocycles. The third kappa shape index (κ3) is 0.886. The van der Waals surface area contributed by atoms with Gasteiger partial charge in [-0.05, 0) is 43.3 Å². The van der Waals surface area contributed by atoms with E-state index < -0.39 is 0 Å². The SMILES string of the molecule is O=C1C=CC(=O)C2=C1CCC1C[C@H]21. The highest BCUT2D eigenvalue weighted by Gasteiger charge is 2.47. The van der Waals surface area contributed by atoms with Gasteiger partial charge >= 0.3 is 0 Å². The van der Waals surface area contributed by atoms with Gasteiger partial charge in [0.25, 0.3) is 0 Å². The lowest BCUT2D eigenvalue weighted by atomic mass is 9.84. The molecule has 2 atom stereocenters. The van der Waals surface area contributed by atoms with Crippen molar-refractivity contribution in [2.75, 3.05) is 0 Å². The first-order valence-corrected chi connectivity index (χ1v) is 4.77. The molecule has 3 aliphatic rings. The van der Waals surface area contributed by atoms with Crippen LogP contribution in [0.5, 0.6) is 0 Å². The Labute approximate surface area is 76.3 Å². The quantitative estimate of drug-likeness (QED) is 0.520. The summed E-state index contributed by atoms with van der Waals surface area (Å²) in [5, 5.41) is 0. The maximum Gasteiger partial charge on any atom is 0.182 e. The van der Waals surface area contributed by atoms with Gasteiger partial charge in [0.05, 0.1) is 0 Å². The standard InChI is InChI=1S/C11H10O2/c12-9-3-4-10(13)11-7(9)2-1-6-5-8(6)11/h3-4,6,8H,1-2,5H2/t6?,8-/m0/s1. The van der Waals surface area contributed by atoms with Gasteiger partial charge in [-0.25, -0.2) is 0 Å². The average Bonchev–Trinajstić information content (AvgIpc) is 2.89. The summed E-state index contributed by atoms with van der Waals surface area (Å²) in [5.41, 5.74) is 1.66. The highest BCUT2D eigenvalue weighted by molar-refractivity contribution is 6.20. The summed E-state index contributed by atoms with van der Waals surface area (Å²) < 4.78 is 0. The maximum atomic E-state index is 11.5. The van der Waals surface area contributed by atoms with Gasteiger partial charge in [-0.1, -0.05) is 0 Å². The fraction of sp³-hybridized carbons (Fsp3) is 0.455. The van der Waals surface area contributed by atoms with Gasteiger partial charge in [0, 0.05) is 11.1 Å². The number of fused-ring (bicyclic) bond motifs is 2. The zero-order chi connectivity index (χ0) is 9.00. The minimum Gasteiger partial charge on any atom is -0.290 e. The van der Waals surface area contributed by atoms with Crippen LogP contribution in [0.25, 0.3) is 0 Å². The number of hydrogen-bond donors (Lipinski definition) is 0. The molecule has 0 radical (unpaired) electrons. The Morgan fingerprint density at radius 1 is 1.15 bits per heavy atom. The van der Waals surface area contributed by atoms with E-state index in [1.807, 2.05) is 0 Å². The van der Waals surface area contributed by atoms with Gasteiger partial charge in [0.15, 0.2) is 11.6 Å². The highest BCUT2D eigenvalue weighted by atomic mass is 16.1. The smallest absolute Gasteiger partial charge is 0.182 e. The van der Waals surface area contributed by atoms with Crippen molar-refractivity contribution in [3.05, 3.63) is 23.3 Å². The molecule has 2 heteroatoms. The number of carbonyl (C=O) groups excluding carboxylic acids is 2. The van der Waals surface area contributed by atoms with E-state index in [0.29, 0.717) is 11.8 Å². The molecule has 0 heterocycles. The molecule has 0 saturated heterocycles. The number of hydrogen-bond acceptors (Lipinski definition) is 2. The minimum absolute atomic E-state index is 0.0694. The number of carbonyl (C=O) groups is 2. The molecule has 3 rings (SSSR count). The van der Waals surface area contributed by atoms with Gasteiger partial charge in [0.1, 0.15) is 0 Å². The second-order valence-electron chi connectivity index (χ2n) is 4.10. The highest BCUT2D eigenvalue weighted by Crippen LogP contribution is 2.53. The van der Waals surface area contributed by atoms with Gasteiger partial charge in [-0.15, -0.1) is 0 Å². The molecule has 0 bridgehead atoms. The zero-order valence-corrected chi connectivity index (χ0v) is 7.25. The summed E-state index contributed by atoms with van der Waals surface area (Å²) in [4.78, 5) is 23.0. The molecule has 1 fully saturated rings. The van der Waals surface area contributed by atoms with E-state index in [0.717, 1.165) is 30.4 Å². The molecule has 13 heavy (non-hydrogen) atoms. The summed E-state index contributed by atoms with van der Waals surface area (Å²) in [7, 11) is 0. The Bertz CT molecular complexity index is 374. The molecule has 1 unspecified atom stereocenters. The molecule has 66 valence electrons. The van der Waals surface area contributed by atoms with E-state index in [-0.39, 0.29) is 11.6 Å². The molecule has 0 spiro atoms. The Balaban J connectivity index is 2.12. The zero-order valence-electron chi connectivity index (χ0n) is 7.25. The lowest BCUT2D eigenvalue weighted by molar-refractivity contribution is -0.115. The summed E-state index contributed by atoms with van der Waals surface area (Å²) in [6.07, 6.45) is 5.92. The van der Waals surface area contributed by atoms with Crippen LogP contribution in [-0.4, -0.2) is 11.6 Å². The number of ketones is 2. The van der Waals surface area contributed by atoms with Gasteiger partial charge < -0.3 is 0 Å². The molecule has 0 aromatic rings. The van der Waals surface area contributed by atoms with Crippen molar-refractivity contribution in [2.45, 2.75) is 19.3 Å². The molecule has 3 aliphatic carbocycles. The Hall–Kier alpha value is -1.18. The van der Waals surface area contributed by atoms with Crippen LogP contribution in [-0.2, 0) is 9.59 Å². The minimum atomic E-state index is 0.0694. The van der Waals surface area contributed by atoms with E-state index in [4.69, 9.17) is 0 Å². The average molecular weight is 174 g/mol. The Morgan fingerprint density at radius 2 is 1.92 bits per heavy atom. The lowest BCUT2D eigenvalue weighted by Crippen LogP contribution is -2.19. The normalized spacial score (nSPS) is 36.0. The molecule has 1 saturated carbocycles. The molecule has 0 aromatic heterocycles. The van der Waals surface area contributed by atoms with Crippen LogP contribution in [0.15, 0.2) is 23.3 Å². The van der Waals surface area contributed by atoms with Gasteiger partial charge in [-0.3, -0.25) is 9.59 Å². The van der Waals surface area contributed by atoms with Crippen LogP contribution < -0.4 is 0 Å². The van der Waals surface area contributed by atoms with E-state index in [9.17, 15) is 9.59 Å². The fourth-order valence-electron chi connectivity index (χ4n) is 2.54. The maximum absolute atomic E-state index is 11.5. The predicted molar refractivity (Wildman–Crippen MR) is 47.0 cm³/mol. The summed E-state index contributed by atoms with van der Waals surface area (Å²) >= 11 is 0. The molecule has 2 nitrogen and oxygen atoms in total. The van der Waals surface area contributed by atoms with Crippen LogP contribution in [0.2, 0.25) is 0 Å². The van der Waals surface area contributed by atoms with Crippen molar-refractivity contribution >= 4 is 11.6 Å². The fourth-order valence-corrected chi connectivity index (χ4v) is 2.54. The van der Waals surface area contributed by atoms with E-state index in [2.05, 4.69) is 0 Å². The van der Waals surface area contributed by atoms with Crippen LogP contribution in [0.3, 0.4) is 0 Å². The lowest BCUT2D eigenvalue weighted by Gasteiger charge is -2.18. The molecular weight excluding hydrogens is 164 g/mol. The van der Waals surface area contributed by atoms with Crippen molar-refractivity contribution in [3.8, 4) is 0 Å². The summed E-state index contributed by atoms with van der Waals surface area (Å²) in [6.45, 7) is 0. The number of allylic oxidation sites excluding steroid dienone is 4. The third-order valence-electron chi connectivity index (χ3n) is 3.33. The van der Waals surface area contributed by atoms with Crippen molar-refractivity contribution in [1.82, 2.24) is 0 Å². The van der Waals surface area contributed by atoms with Crippen molar-refractivity contribution in [2.24, 2.45) is 11.8 Å². The van der Waals surface area contributed by atoms with Crippen molar-refractivity contribution < 1.29 is 9.59 Å². The molecule has 0 aliphatic heterocycles. The second-order valence-corrected chi connectivity index (χ2v) is 4.10. The number of rotatable bonds is 0. The first kappa shape index (κ1) is 7.25. The van der Waals surface area contributed by atoms with Crippen molar-refractivity contribution in [1.29, 1.82) is 0 Å². The first-order chi connectivity index (χ1) is 6.27. The first-order valence-electron chi connectivity index (χ1n) is 4.77. The van der Waals surface area contributed by atoms with Crippen LogP contribution >= 0.6 is 0 Å². The molecule has 0 N–H and O–H groups in total. The van der Waals surface area contributed by atoms with Crippen LogP contribution in [0.1, 0.15) is 19.3 Å². The Morgan fingerprint density at radius 3 is 2.77 bits per heavy atom. The largest absolute Gasteiger partial charge is 0.290 e. The van der Waals surface area contributed by atoms with Gasteiger partial charge in [0.2, 0.25) is 0 Å². The summed E-state index contributed by atoms with van der Waals surface area (Å²) in [6, 6.07) is 0. The third-order valence-corrected chi connectivity index (χ3v) is 3.33. The monoisotopic (exact) mass is 174 g/mol. The van der Waals surface area contributed by atoms with E-state index in [1.165, 1.54) is 12.2 Å². The second kappa shape index (κ2) is 2.19. The Kier molecular flexibility index (Phi) is 1.22.